The van der Waals surface area contributed by atoms with Gasteiger partial charge >= 0.3 is 5.97 Å². The molecule has 0 saturated carbocycles. The van der Waals surface area contributed by atoms with E-state index in [0.29, 0.717) is 22.8 Å². The zero-order valence-electron chi connectivity index (χ0n) is 11.6. The van der Waals surface area contributed by atoms with Crippen LogP contribution in [0.4, 0.5) is 17.4 Å². The van der Waals surface area contributed by atoms with Crippen LogP contribution < -0.4 is 10.6 Å². The first kappa shape index (κ1) is 14.6. The monoisotopic (exact) mass is 289 g/mol. The van der Waals surface area contributed by atoms with Gasteiger partial charge in [0.05, 0.1) is 5.69 Å². The predicted molar refractivity (Wildman–Crippen MR) is 76.6 cm³/mol. The summed E-state index contributed by atoms with van der Waals surface area (Å²) in [4.78, 5) is 25.7. The summed E-state index contributed by atoms with van der Waals surface area (Å²) in [6, 6.07) is 7.20. The Morgan fingerprint density at radius 2 is 1.86 bits per heavy atom. The van der Waals surface area contributed by atoms with Crippen LogP contribution in [0.25, 0.3) is 0 Å². The molecular weight excluding hydrogens is 274 g/mol. The quantitative estimate of drug-likeness (QED) is 0.780. The second kappa shape index (κ2) is 6.08. The van der Waals surface area contributed by atoms with E-state index in [1.807, 2.05) is 0 Å². The summed E-state index contributed by atoms with van der Waals surface area (Å²) in [6.45, 7) is 3.12. The molecule has 3 N–H and O–H groups in total. The molecule has 0 spiro atoms. The number of anilines is 3. The normalized spacial score (nSPS) is 10.2. The zero-order chi connectivity index (χ0) is 15.4. The number of benzene rings is 1. The van der Waals surface area contributed by atoms with E-state index in [4.69, 9.17) is 9.52 Å². The van der Waals surface area contributed by atoms with Crippen LogP contribution in [0.5, 0.6) is 0 Å². The van der Waals surface area contributed by atoms with Crippen LogP contribution in [0, 0.1) is 6.92 Å². The fourth-order valence-electron chi connectivity index (χ4n) is 1.75. The average molecular weight is 289 g/mol. The molecule has 0 aliphatic heterocycles. The van der Waals surface area contributed by atoms with E-state index in [2.05, 4.69) is 15.6 Å². The lowest BCUT2D eigenvalue weighted by molar-refractivity contribution is -0.136. The van der Waals surface area contributed by atoms with Gasteiger partial charge in [0.25, 0.3) is 6.01 Å². The third-order valence-corrected chi connectivity index (χ3v) is 2.66. The molecule has 1 amide bonds. The number of rotatable bonds is 5. The Kier molecular flexibility index (Phi) is 4.22. The SMILES string of the molecule is CC(=O)Nc1ccc(Nc2nc(C)c(CC(=O)O)o2)cc1. The highest BCUT2D eigenvalue weighted by Crippen LogP contribution is 2.21. The Balaban J connectivity index is 2.07. The fourth-order valence-corrected chi connectivity index (χ4v) is 1.75. The molecule has 7 nitrogen and oxygen atoms in total. The van der Waals surface area contributed by atoms with Crippen molar-refractivity contribution >= 4 is 29.3 Å². The highest BCUT2D eigenvalue weighted by Gasteiger charge is 2.12. The van der Waals surface area contributed by atoms with E-state index in [0.717, 1.165) is 0 Å². The van der Waals surface area contributed by atoms with Gasteiger partial charge in [-0.3, -0.25) is 9.59 Å². The Morgan fingerprint density at radius 1 is 1.24 bits per heavy atom. The molecule has 0 radical (unpaired) electrons. The number of aromatic nitrogens is 1. The van der Waals surface area contributed by atoms with Gasteiger partial charge in [0.2, 0.25) is 5.91 Å². The van der Waals surface area contributed by atoms with Crippen LogP contribution in [-0.2, 0) is 16.0 Å². The van der Waals surface area contributed by atoms with Gasteiger partial charge in [-0.2, -0.15) is 4.98 Å². The molecule has 0 aliphatic rings. The van der Waals surface area contributed by atoms with E-state index in [-0.39, 0.29) is 18.3 Å². The summed E-state index contributed by atoms with van der Waals surface area (Å²) >= 11 is 0. The molecule has 2 aromatic rings. The number of carbonyl (C=O) groups excluding carboxylic acids is 1. The minimum atomic E-state index is -0.972. The molecule has 0 saturated heterocycles. The number of hydrogen-bond donors (Lipinski definition) is 3. The lowest BCUT2D eigenvalue weighted by Gasteiger charge is -2.04. The summed E-state index contributed by atoms with van der Waals surface area (Å²) in [5, 5.41) is 14.3. The first-order valence-corrected chi connectivity index (χ1v) is 6.27. The standard InChI is InChI=1S/C14H15N3O4/c1-8-12(7-13(19)20)21-14(15-8)17-11-5-3-10(4-6-11)16-9(2)18/h3-6H,7H2,1-2H3,(H,15,17)(H,16,18)(H,19,20). The molecule has 110 valence electrons. The second-order valence-corrected chi connectivity index (χ2v) is 4.48. The summed E-state index contributed by atoms with van der Waals surface area (Å²) in [5.74, 6) is -0.794. The third kappa shape index (κ3) is 4.07. The number of carbonyl (C=O) groups is 2. The van der Waals surface area contributed by atoms with Crippen molar-refractivity contribution in [3.05, 3.63) is 35.7 Å². The van der Waals surface area contributed by atoms with Gasteiger partial charge in [0, 0.05) is 18.3 Å². The highest BCUT2D eigenvalue weighted by molar-refractivity contribution is 5.88. The smallest absolute Gasteiger partial charge is 0.311 e. The van der Waals surface area contributed by atoms with Gasteiger partial charge in [-0.05, 0) is 31.2 Å². The Morgan fingerprint density at radius 3 is 2.43 bits per heavy atom. The summed E-state index contributed by atoms with van der Waals surface area (Å²) in [7, 11) is 0. The molecule has 0 unspecified atom stereocenters. The Bertz CT molecular complexity index is 661. The van der Waals surface area contributed by atoms with Crippen molar-refractivity contribution in [3.63, 3.8) is 0 Å². The minimum Gasteiger partial charge on any atom is -0.481 e. The van der Waals surface area contributed by atoms with E-state index in [9.17, 15) is 9.59 Å². The lowest BCUT2D eigenvalue weighted by atomic mass is 10.3. The number of aliphatic carboxylic acids is 1. The number of carboxylic acids is 1. The van der Waals surface area contributed by atoms with Crippen molar-refractivity contribution in [3.8, 4) is 0 Å². The molecule has 0 atom stereocenters. The molecule has 1 heterocycles. The maximum Gasteiger partial charge on any atom is 0.311 e. The molecule has 2 rings (SSSR count). The first-order valence-electron chi connectivity index (χ1n) is 6.27. The van der Waals surface area contributed by atoms with Crippen LogP contribution in [0.2, 0.25) is 0 Å². The van der Waals surface area contributed by atoms with Gasteiger partial charge in [0.1, 0.15) is 12.2 Å². The van der Waals surface area contributed by atoms with Crippen molar-refractivity contribution in [1.82, 2.24) is 4.98 Å². The van der Waals surface area contributed by atoms with E-state index >= 15 is 0 Å². The maximum absolute atomic E-state index is 10.9. The van der Waals surface area contributed by atoms with Gasteiger partial charge in [-0.1, -0.05) is 0 Å². The Labute approximate surface area is 121 Å². The van der Waals surface area contributed by atoms with Crippen LogP contribution in [-0.4, -0.2) is 22.0 Å². The topological polar surface area (TPSA) is 104 Å². The molecule has 0 fully saturated rings. The second-order valence-electron chi connectivity index (χ2n) is 4.48. The minimum absolute atomic E-state index is 0.141. The van der Waals surface area contributed by atoms with E-state index < -0.39 is 5.97 Å². The summed E-state index contributed by atoms with van der Waals surface area (Å²) in [6.07, 6.45) is -0.206. The molecule has 1 aromatic heterocycles. The van der Waals surface area contributed by atoms with Gasteiger partial charge in [-0.25, -0.2) is 0 Å². The summed E-state index contributed by atoms with van der Waals surface area (Å²) in [5.41, 5.74) is 1.94. The van der Waals surface area contributed by atoms with Crippen LogP contribution in [0.15, 0.2) is 28.7 Å². The predicted octanol–water partition coefficient (Wildman–Crippen LogP) is 2.31. The van der Waals surface area contributed by atoms with Crippen molar-refractivity contribution < 1.29 is 19.1 Å². The fraction of sp³-hybridized carbons (Fsp3) is 0.214. The zero-order valence-corrected chi connectivity index (χ0v) is 11.6. The number of carboxylic acid groups (broad SMARTS) is 1. The highest BCUT2D eigenvalue weighted by atomic mass is 16.4. The van der Waals surface area contributed by atoms with Gasteiger partial charge in [-0.15, -0.1) is 0 Å². The van der Waals surface area contributed by atoms with E-state index in [1.54, 1.807) is 31.2 Å². The largest absolute Gasteiger partial charge is 0.481 e. The molecule has 21 heavy (non-hydrogen) atoms. The summed E-state index contributed by atoms with van der Waals surface area (Å²) < 4.78 is 5.35. The van der Waals surface area contributed by atoms with Crippen molar-refractivity contribution in [2.45, 2.75) is 20.3 Å². The van der Waals surface area contributed by atoms with Crippen molar-refractivity contribution in [2.75, 3.05) is 10.6 Å². The van der Waals surface area contributed by atoms with Gasteiger partial charge < -0.3 is 20.2 Å². The number of aryl methyl sites for hydroxylation is 1. The number of amides is 1. The third-order valence-electron chi connectivity index (χ3n) is 2.66. The molecule has 1 aromatic carbocycles. The number of nitrogens with one attached hydrogen (secondary N) is 2. The molecular formula is C14H15N3O4. The maximum atomic E-state index is 10.9. The number of nitrogens with zero attached hydrogens (tertiary/aromatic N) is 1. The number of hydrogen-bond acceptors (Lipinski definition) is 5. The Hall–Kier alpha value is -2.83. The molecule has 7 heteroatoms. The number of oxazole rings is 1. The van der Waals surface area contributed by atoms with Crippen molar-refractivity contribution in [2.24, 2.45) is 0 Å². The van der Waals surface area contributed by atoms with Crippen LogP contribution >= 0.6 is 0 Å². The average Bonchev–Trinajstić information content (AvgIpc) is 2.71. The van der Waals surface area contributed by atoms with Crippen molar-refractivity contribution in [1.29, 1.82) is 0 Å². The van der Waals surface area contributed by atoms with Crippen LogP contribution in [0.3, 0.4) is 0 Å². The van der Waals surface area contributed by atoms with Gasteiger partial charge in [0.15, 0.2) is 0 Å². The van der Waals surface area contributed by atoms with Crippen LogP contribution in [0.1, 0.15) is 18.4 Å². The first-order chi connectivity index (χ1) is 9.94. The lowest BCUT2D eigenvalue weighted by Crippen LogP contribution is -2.05. The molecule has 0 bridgehead atoms. The van der Waals surface area contributed by atoms with E-state index in [1.165, 1.54) is 6.92 Å². The molecule has 0 aliphatic carbocycles.